The molecule has 0 fully saturated rings. The van der Waals surface area contributed by atoms with Crippen LogP contribution < -0.4 is 5.32 Å². The Morgan fingerprint density at radius 2 is 1.76 bits per heavy atom. The van der Waals surface area contributed by atoms with E-state index in [1.54, 1.807) is 47.5 Å². The number of H-pyrrole nitrogens is 1. The molecule has 0 aliphatic rings. The van der Waals surface area contributed by atoms with Crippen LogP contribution in [0.5, 0.6) is 0 Å². The molecule has 1 heterocycles. The highest BCUT2D eigenvalue weighted by Crippen LogP contribution is 2.12. The van der Waals surface area contributed by atoms with Crippen LogP contribution >= 0.6 is 0 Å². The van der Waals surface area contributed by atoms with Gasteiger partial charge in [0.25, 0.3) is 11.8 Å². The molecule has 0 atom stereocenters. The Kier molecular flexibility index (Phi) is 4.77. The molecule has 0 aliphatic carbocycles. The van der Waals surface area contributed by atoms with Gasteiger partial charge in [0.15, 0.2) is 0 Å². The van der Waals surface area contributed by atoms with Gasteiger partial charge < -0.3 is 15.2 Å². The number of nitrogens with one attached hydrogen (secondary N) is 2. The first-order chi connectivity index (χ1) is 10.2. The Morgan fingerprint density at radius 1 is 1.10 bits per heavy atom. The van der Waals surface area contributed by atoms with Gasteiger partial charge in [-0.25, -0.2) is 0 Å². The molecular weight excluding hydrogens is 266 g/mol. The van der Waals surface area contributed by atoms with Crippen molar-refractivity contribution in [3.8, 4) is 0 Å². The van der Waals surface area contributed by atoms with Crippen LogP contribution in [0.25, 0.3) is 0 Å². The number of hydrogen-bond acceptors (Lipinski definition) is 2. The van der Waals surface area contributed by atoms with Crippen molar-refractivity contribution in [3.05, 3.63) is 53.9 Å². The summed E-state index contributed by atoms with van der Waals surface area (Å²) in [5.41, 5.74) is 1.78. The van der Waals surface area contributed by atoms with E-state index in [0.29, 0.717) is 30.0 Å². The SMILES string of the molecule is CCN(CC)C(=O)c1ccc(NC(=O)c2ccc[nH]2)cc1. The van der Waals surface area contributed by atoms with Gasteiger partial charge in [0.1, 0.15) is 5.69 Å². The highest BCUT2D eigenvalue weighted by Gasteiger charge is 2.12. The molecule has 0 unspecified atom stereocenters. The maximum Gasteiger partial charge on any atom is 0.272 e. The van der Waals surface area contributed by atoms with E-state index < -0.39 is 0 Å². The minimum absolute atomic E-state index is 0.00208. The lowest BCUT2D eigenvalue weighted by Crippen LogP contribution is -2.30. The van der Waals surface area contributed by atoms with Gasteiger partial charge in [0.05, 0.1) is 0 Å². The summed E-state index contributed by atoms with van der Waals surface area (Å²) in [5, 5.41) is 2.77. The second-order valence-electron chi connectivity index (χ2n) is 4.59. The Balaban J connectivity index is 2.05. The monoisotopic (exact) mass is 285 g/mol. The fraction of sp³-hybridized carbons (Fsp3) is 0.250. The number of anilines is 1. The molecule has 2 aromatic rings. The minimum atomic E-state index is -0.206. The summed E-state index contributed by atoms with van der Waals surface area (Å²) in [6, 6.07) is 10.4. The molecule has 0 aliphatic heterocycles. The standard InChI is InChI=1S/C16H19N3O2/c1-3-19(4-2)16(21)12-7-9-13(10-8-12)18-15(20)14-6-5-11-17-14/h5-11,17H,3-4H2,1-2H3,(H,18,20). The summed E-state index contributed by atoms with van der Waals surface area (Å²) in [6.07, 6.45) is 1.70. The first-order valence-electron chi connectivity index (χ1n) is 6.99. The lowest BCUT2D eigenvalue weighted by Gasteiger charge is -2.18. The van der Waals surface area contributed by atoms with E-state index in [4.69, 9.17) is 0 Å². The summed E-state index contributed by atoms with van der Waals surface area (Å²) in [4.78, 5) is 28.6. The van der Waals surface area contributed by atoms with E-state index in [9.17, 15) is 9.59 Å². The first-order valence-corrected chi connectivity index (χ1v) is 6.99. The number of amides is 2. The Morgan fingerprint density at radius 3 is 2.29 bits per heavy atom. The number of aromatic amines is 1. The Labute approximate surface area is 124 Å². The van der Waals surface area contributed by atoms with Crippen molar-refractivity contribution in [1.82, 2.24) is 9.88 Å². The third-order valence-corrected chi connectivity index (χ3v) is 3.28. The van der Waals surface area contributed by atoms with Crippen LogP contribution in [0.15, 0.2) is 42.6 Å². The van der Waals surface area contributed by atoms with Gasteiger partial charge >= 0.3 is 0 Å². The van der Waals surface area contributed by atoms with Crippen molar-refractivity contribution in [1.29, 1.82) is 0 Å². The number of nitrogens with zero attached hydrogens (tertiary/aromatic N) is 1. The fourth-order valence-corrected chi connectivity index (χ4v) is 2.06. The Bertz CT molecular complexity index is 599. The fourth-order valence-electron chi connectivity index (χ4n) is 2.06. The second-order valence-corrected chi connectivity index (χ2v) is 4.59. The van der Waals surface area contributed by atoms with E-state index in [2.05, 4.69) is 10.3 Å². The lowest BCUT2D eigenvalue weighted by molar-refractivity contribution is 0.0773. The number of carbonyl (C=O) groups is 2. The van der Waals surface area contributed by atoms with Crippen molar-refractivity contribution in [2.75, 3.05) is 18.4 Å². The van der Waals surface area contributed by atoms with Crippen LogP contribution in [0.4, 0.5) is 5.69 Å². The summed E-state index contributed by atoms with van der Waals surface area (Å²) >= 11 is 0. The number of aromatic nitrogens is 1. The van der Waals surface area contributed by atoms with Crippen LogP contribution in [-0.4, -0.2) is 34.8 Å². The Hall–Kier alpha value is -2.56. The second kappa shape index (κ2) is 6.74. The van der Waals surface area contributed by atoms with Gasteiger partial charge in [-0.15, -0.1) is 0 Å². The molecule has 21 heavy (non-hydrogen) atoms. The zero-order valence-electron chi connectivity index (χ0n) is 12.2. The summed E-state index contributed by atoms with van der Waals surface area (Å²) < 4.78 is 0. The van der Waals surface area contributed by atoms with E-state index >= 15 is 0 Å². The molecule has 5 nitrogen and oxygen atoms in total. The minimum Gasteiger partial charge on any atom is -0.357 e. The summed E-state index contributed by atoms with van der Waals surface area (Å²) in [6.45, 7) is 5.26. The van der Waals surface area contributed by atoms with Crippen molar-refractivity contribution in [3.63, 3.8) is 0 Å². The maximum atomic E-state index is 12.2. The predicted molar refractivity (Wildman–Crippen MR) is 82.4 cm³/mol. The molecule has 2 amide bonds. The third kappa shape index (κ3) is 3.51. The van der Waals surface area contributed by atoms with Gasteiger partial charge in [0, 0.05) is 30.5 Å². The summed E-state index contributed by atoms with van der Waals surface area (Å²) in [7, 11) is 0. The van der Waals surface area contributed by atoms with Crippen LogP contribution in [0.3, 0.4) is 0 Å². The van der Waals surface area contributed by atoms with Gasteiger partial charge in [-0.05, 0) is 50.2 Å². The van der Waals surface area contributed by atoms with Crippen molar-refractivity contribution >= 4 is 17.5 Å². The van der Waals surface area contributed by atoms with E-state index in [1.807, 2.05) is 13.8 Å². The average Bonchev–Trinajstić information content (AvgIpc) is 3.03. The number of benzene rings is 1. The largest absolute Gasteiger partial charge is 0.357 e. The quantitative estimate of drug-likeness (QED) is 0.887. The van der Waals surface area contributed by atoms with E-state index in [-0.39, 0.29) is 11.8 Å². The highest BCUT2D eigenvalue weighted by atomic mass is 16.2. The average molecular weight is 285 g/mol. The molecule has 0 radical (unpaired) electrons. The topological polar surface area (TPSA) is 65.2 Å². The molecule has 1 aromatic heterocycles. The van der Waals surface area contributed by atoms with Crippen molar-refractivity contribution in [2.45, 2.75) is 13.8 Å². The molecule has 2 rings (SSSR count). The van der Waals surface area contributed by atoms with Gasteiger partial charge in [-0.1, -0.05) is 0 Å². The molecule has 0 saturated carbocycles. The normalized spacial score (nSPS) is 10.2. The zero-order valence-corrected chi connectivity index (χ0v) is 12.2. The van der Waals surface area contributed by atoms with Gasteiger partial charge in [-0.2, -0.15) is 0 Å². The number of carbonyl (C=O) groups excluding carboxylic acids is 2. The van der Waals surface area contributed by atoms with Crippen molar-refractivity contribution in [2.24, 2.45) is 0 Å². The molecule has 2 N–H and O–H groups in total. The van der Waals surface area contributed by atoms with Crippen molar-refractivity contribution < 1.29 is 9.59 Å². The number of hydrogen-bond donors (Lipinski definition) is 2. The molecule has 0 saturated heterocycles. The molecule has 110 valence electrons. The van der Waals surface area contributed by atoms with Crippen LogP contribution in [0.2, 0.25) is 0 Å². The molecular formula is C16H19N3O2. The predicted octanol–water partition coefficient (Wildman–Crippen LogP) is 2.75. The van der Waals surface area contributed by atoms with E-state index in [1.165, 1.54) is 0 Å². The van der Waals surface area contributed by atoms with Crippen LogP contribution in [0, 0.1) is 0 Å². The third-order valence-electron chi connectivity index (χ3n) is 3.28. The maximum absolute atomic E-state index is 12.2. The van der Waals surface area contributed by atoms with Crippen LogP contribution in [-0.2, 0) is 0 Å². The molecule has 0 bridgehead atoms. The smallest absolute Gasteiger partial charge is 0.272 e. The molecule has 5 heteroatoms. The van der Waals surface area contributed by atoms with Gasteiger partial charge in [-0.3, -0.25) is 9.59 Å². The molecule has 1 aromatic carbocycles. The number of rotatable bonds is 5. The van der Waals surface area contributed by atoms with Crippen LogP contribution in [0.1, 0.15) is 34.7 Å². The highest BCUT2D eigenvalue weighted by molar-refractivity contribution is 6.03. The van der Waals surface area contributed by atoms with Gasteiger partial charge in [0.2, 0.25) is 0 Å². The first kappa shape index (κ1) is 14.8. The molecule has 0 spiro atoms. The van der Waals surface area contributed by atoms with E-state index in [0.717, 1.165) is 0 Å². The summed E-state index contributed by atoms with van der Waals surface area (Å²) in [5.74, 6) is -0.204. The lowest BCUT2D eigenvalue weighted by atomic mass is 10.1. The zero-order chi connectivity index (χ0) is 15.2.